The predicted octanol–water partition coefficient (Wildman–Crippen LogP) is 2.62. The number of hydrogen-bond acceptors (Lipinski definition) is 5. The summed E-state index contributed by atoms with van der Waals surface area (Å²) in [6.45, 7) is 1.78. The second-order valence-corrected chi connectivity index (χ2v) is 5.08. The summed E-state index contributed by atoms with van der Waals surface area (Å²) in [6, 6.07) is 11.0. The number of hydrogen-bond donors (Lipinski definition) is 1. The fourth-order valence-corrected chi connectivity index (χ4v) is 2.22. The number of nitrogens with one attached hydrogen (secondary N) is 1. The molecular weight excluding hydrogens is 312 g/mol. The molecule has 0 aliphatic rings. The minimum absolute atomic E-state index is 0.0925. The number of carbonyl (C=O) groups excluding carboxylic acids is 2. The van der Waals surface area contributed by atoms with Gasteiger partial charge < -0.3 is 10.1 Å². The highest BCUT2D eigenvalue weighted by molar-refractivity contribution is 5.96. The quantitative estimate of drug-likeness (QED) is 0.517. The lowest BCUT2D eigenvalue weighted by Crippen LogP contribution is -2.23. The van der Waals surface area contributed by atoms with E-state index in [2.05, 4.69) is 10.1 Å². The number of rotatable bonds is 5. The van der Waals surface area contributed by atoms with Crippen LogP contribution >= 0.6 is 0 Å². The van der Waals surface area contributed by atoms with Crippen molar-refractivity contribution < 1.29 is 19.2 Å². The van der Waals surface area contributed by atoms with Crippen molar-refractivity contribution in [3.8, 4) is 0 Å². The monoisotopic (exact) mass is 328 g/mol. The van der Waals surface area contributed by atoms with Gasteiger partial charge in [-0.1, -0.05) is 18.2 Å². The Hall–Kier alpha value is -3.22. The van der Waals surface area contributed by atoms with Gasteiger partial charge in [-0.05, 0) is 30.7 Å². The molecule has 0 atom stereocenters. The molecule has 1 amide bonds. The van der Waals surface area contributed by atoms with Crippen LogP contribution in [-0.4, -0.2) is 23.9 Å². The van der Waals surface area contributed by atoms with Crippen LogP contribution in [0.5, 0.6) is 0 Å². The molecule has 2 aromatic carbocycles. The summed E-state index contributed by atoms with van der Waals surface area (Å²) in [5, 5.41) is 13.6. The van der Waals surface area contributed by atoms with Gasteiger partial charge in [0.1, 0.15) is 0 Å². The highest BCUT2D eigenvalue weighted by Crippen LogP contribution is 2.21. The zero-order valence-electron chi connectivity index (χ0n) is 13.2. The largest absolute Gasteiger partial charge is 0.465 e. The fraction of sp³-hybridized carbons (Fsp3) is 0.176. The fourth-order valence-electron chi connectivity index (χ4n) is 2.22. The summed E-state index contributed by atoms with van der Waals surface area (Å²) < 4.78 is 4.61. The maximum atomic E-state index is 12.2. The number of benzene rings is 2. The molecule has 0 saturated carbocycles. The van der Waals surface area contributed by atoms with Gasteiger partial charge in [-0.3, -0.25) is 14.9 Å². The maximum Gasteiger partial charge on any atom is 0.337 e. The van der Waals surface area contributed by atoms with Crippen molar-refractivity contribution in [2.75, 3.05) is 7.11 Å². The van der Waals surface area contributed by atoms with Crippen LogP contribution in [0.4, 0.5) is 5.69 Å². The van der Waals surface area contributed by atoms with E-state index in [0.29, 0.717) is 11.1 Å². The van der Waals surface area contributed by atoms with Crippen molar-refractivity contribution in [1.29, 1.82) is 0 Å². The smallest absolute Gasteiger partial charge is 0.337 e. The number of carbonyl (C=O) groups is 2. The molecule has 7 heteroatoms. The van der Waals surface area contributed by atoms with Crippen LogP contribution in [0.1, 0.15) is 31.8 Å². The number of amides is 1. The first-order valence-electron chi connectivity index (χ1n) is 7.13. The van der Waals surface area contributed by atoms with E-state index in [4.69, 9.17) is 0 Å². The van der Waals surface area contributed by atoms with Gasteiger partial charge in [0.15, 0.2) is 0 Å². The topological polar surface area (TPSA) is 98.5 Å². The number of esters is 1. The SMILES string of the molecule is COC(=O)c1ccc(CNC(=O)c2cccc([N+](=O)[O-])c2C)cc1. The Morgan fingerprint density at radius 3 is 2.42 bits per heavy atom. The van der Waals surface area contributed by atoms with Crippen molar-refractivity contribution in [1.82, 2.24) is 5.32 Å². The van der Waals surface area contributed by atoms with Crippen LogP contribution in [0.15, 0.2) is 42.5 Å². The Balaban J connectivity index is 2.07. The Kier molecular flexibility index (Phi) is 5.26. The lowest BCUT2D eigenvalue weighted by molar-refractivity contribution is -0.385. The van der Waals surface area contributed by atoms with Crippen LogP contribution in [0.2, 0.25) is 0 Å². The molecule has 24 heavy (non-hydrogen) atoms. The first-order valence-corrected chi connectivity index (χ1v) is 7.13. The lowest BCUT2D eigenvalue weighted by Gasteiger charge is -2.08. The Labute approximate surface area is 138 Å². The molecule has 0 unspecified atom stereocenters. The third-order valence-corrected chi connectivity index (χ3v) is 3.57. The van der Waals surface area contributed by atoms with E-state index < -0.39 is 16.8 Å². The average Bonchev–Trinajstić information content (AvgIpc) is 2.59. The van der Waals surface area contributed by atoms with Crippen LogP contribution in [-0.2, 0) is 11.3 Å². The molecule has 2 rings (SSSR count). The summed E-state index contributed by atoms with van der Waals surface area (Å²) in [4.78, 5) is 34.0. The molecule has 124 valence electrons. The zero-order valence-corrected chi connectivity index (χ0v) is 13.2. The highest BCUT2D eigenvalue weighted by Gasteiger charge is 2.17. The van der Waals surface area contributed by atoms with Crippen molar-refractivity contribution >= 4 is 17.6 Å². The van der Waals surface area contributed by atoms with Gasteiger partial charge in [-0.2, -0.15) is 0 Å². The molecule has 0 fully saturated rings. The summed E-state index contributed by atoms with van der Waals surface area (Å²) in [5.41, 5.74) is 1.70. The van der Waals surface area contributed by atoms with Gasteiger partial charge in [0.25, 0.3) is 11.6 Å². The number of nitrogens with zero attached hydrogens (tertiary/aromatic N) is 1. The van der Waals surface area contributed by atoms with Crippen LogP contribution in [0, 0.1) is 17.0 Å². The van der Waals surface area contributed by atoms with Gasteiger partial charge in [0, 0.05) is 23.7 Å². The normalized spacial score (nSPS) is 10.1. The van der Waals surface area contributed by atoms with Gasteiger partial charge in [-0.15, -0.1) is 0 Å². The summed E-state index contributed by atoms with van der Waals surface area (Å²) >= 11 is 0. The number of ether oxygens (including phenoxy) is 1. The molecule has 0 aliphatic carbocycles. The predicted molar refractivity (Wildman–Crippen MR) is 86.8 cm³/mol. The molecule has 0 radical (unpaired) electrons. The third kappa shape index (κ3) is 3.75. The Morgan fingerprint density at radius 2 is 1.83 bits per heavy atom. The van der Waals surface area contributed by atoms with Gasteiger partial charge in [0.2, 0.25) is 0 Å². The standard InChI is InChI=1S/C17H16N2O5/c1-11-14(4-3-5-15(11)19(22)23)16(20)18-10-12-6-8-13(9-7-12)17(21)24-2/h3-9H,10H2,1-2H3,(H,18,20). The number of nitro benzene ring substituents is 1. The van der Waals surface area contributed by atoms with Crippen molar-refractivity contribution in [2.24, 2.45) is 0 Å². The summed E-state index contributed by atoms with van der Waals surface area (Å²) in [5.74, 6) is -0.828. The van der Waals surface area contributed by atoms with E-state index >= 15 is 0 Å². The molecule has 0 saturated heterocycles. The van der Waals surface area contributed by atoms with Gasteiger partial charge in [-0.25, -0.2) is 4.79 Å². The maximum absolute atomic E-state index is 12.2. The van der Waals surface area contributed by atoms with Crippen LogP contribution in [0.25, 0.3) is 0 Å². The molecular formula is C17H16N2O5. The van der Waals surface area contributed by atoms with Crippen LogP contribution < -0.4 is 5.32 Å². The highest BCUT2D eigenvalue weighted by atomic mass is 16.6. The third-order valence-electron chi connectivity index (χ3n) is 3.57. The number of nitro groups is 1. The second-order valence-electron chi connectivity index (χ2n) is 5.08. The molecule has 0 aromatic heterocycles. The van der Waals surface area contributed by atoms with Crippen molar-refractivity contribution in [3.05, 3.63) is 74.8 Å². The van der Waals surface area contributed by atoms with E-state index in [1.807, 2.05) is 0 Å². The molecule has 1 N–H and O–H groups in total. The molecule has 0 heterocycles. The summed E-state index contributed by atoms with van der Waals surface area (Å²) in [6.07, 6.45) is 0. The zero-order chi connectivity index (χ0) is 17.7. The minimum atomic E-state index is -0.516. The van der Waals surface area contributed by atoms with E-state index in [1.165, 1.54) is 32.2 Å². The van der Waals surface area contributed by atoms with Gasteiger partial charge in [0.05, 0.1) is 17.6 Å². The van der Waals surface area contributed by atoms with Crippen molar-refractivity contribution in [2.45, 2.75) is 13.5 Å². The Bertz CT molecular complexity index is 784. The average molecular weight is 328 g/mol. The number of methoxy groups -OCH3 is 1. The molecule has 0 aliphatic heterocycles. The Morgan fingerprint density at radius 1 is 1.17 bits per heavy atom. The molecule has 7 nitrogen and oxygen atoms in total. The van der Waals surface area contributed by atoms with E-state index in [-0.39, 0.29) is 17.8 Å². The van der Waals surface area contributed by atoms with Crippen LogP contribution in [0.3, 0.4) is 0 Å². The van der Waals surface area contributed by atoms with E-state index in [9.17, 15) is 19.7 Å². The molecule has 0 bridgehead atoms. The van der Waals surface area contributed by atoms with Crippen molar-refractivity contribution in [3.63, 3.8) is 0 Å². The lowest BCUT2D eigenvalue weighted by atomic mass is 10.1. The minimum Gasteiger partial charge on any atom is -0.465 e. The second kappa shape index (κ2) is 7.36. The first-order chi connectivity index (χ1) is 11.4. The first kappa shape index (κ1) is 17.1. The van der Waals surface area contributed by atoms with E-state index in [0.717, 1.165) is 5.56 Å². The summed E-state index contributed by atoms with van der Waals surface area (Å²) in [7, 11) is 1.30. The molecule has 2 aromatic rings. The molecule has 0 spiro atoms. The van der Waals surface area contributed by atoms with E-state index in [1.54, 1.807) is 24.3 Å². The van der Waals surface area contributed by atoms with Gasteiger partial charge >= 0.3 is 5.97 Å².